The third kappa shape index (κ3) is 2.95. The van der Waals surface area contributed by atoms with Gasteiger partial charge in [-0.2, -0.15) is 0 Å². The molecule has 0 unspecified atom stereocenters. The molecule has 0 bridgehead atoms. The van der Waals surface area contributed by atoms with Gasteiger partial charge in [-0.3, -0.25) is 4.98 Å². The largest absolute Gasteiger partial charge is 0.436 e. The molecular formula is C12H13N3OS. The van der Waals surface area contributed by atoms with Gasteiger partial charge in [-0.25, -0.2) is 4.98 Å². The Hall–Kier alpha value is -1.59. The lowest BCUT2D eigenvalue weighted by molar-refractivity contribution is 0.449. The number of hydrogen-bond acceptors (Lipinski definition) is 5. The highest BCUT2D eigenvalue weighted by Gasteiger charge is 2.04. The van der Waals surface area contributed by atoms with Crippen LogP contribution in [0, 0.1) is 0 Å². The van der Waals surface area contributed by atoms with E-state index >= 15 is 0 Å². The second-order valence-electron chi connectivity index (χ2n) is 3.30. The zero-order chi connectivity index (χ0) is 12.1. The van der Waals surface area contributed by atoms with E-state index in [2.05, 4.69) is 9.97 Å². The predicted molar refractivity (Wildman–Crippen MR) is 68.2 cm³/mol. The molecule has 0 fully saturated rings. The van der Waals surface area contributed by atoms with Crippen LogP contribution < -0.4 is 10.5 Å². The van der Waals surface area contributed by atoms with Crippen molar-refractivity contribution in [3.8, 4) is 11.6 Å². The van der Waals surface area contributed by atoms with E-state index in [-0.39, 0.29) is 0 Å². The Morgan fingerprint density at radius 3 is 2.71 bits per heavy atom. The Kier molecular flexibility index (Phi) is 3.95. The zero-order valence-corrected chi connectivity index (χ0v) is 10.3. The molecule has 17 heavy (non-hydrogen) atoms. The smallest absolute Gasteiger partial charge is 0.237 e. The lowest BCUT2D eigenvalue weighted by Gasteiger charge is -2.08. The predicted octanol–water partition coefficient (Wildman–Crippen LogP) is 2.45. The maximum Gasteiger partial charge on any atom is 0.237 e. The third-order valence-electron chi connectivity index (χ3n) is 2.17. The van der Waals surface area contributed by atoms with E-state index in [4.69, 9.17) is 10.5 Å². The van der Waals surface area contributed by atoms with Crippen molar-refractivity contribution in [2.75, 3.05) is 6.26 Å². The number of nitrogens with two attached hydrogens (primary N) is 1. The van der Waals surface area contributed by atoms with Gasteiger partial charge in [0.25, 0.3) is 0 Å². The normalized spacial score (nSPS) is 10.2. The topological polar surface area (TPSA) is 61.0 Å². The van der Waals surface area contributed by atoms with Gasteiger partial charge in [-0.05, 0) is 18.4 Å². The van der Waals surface area contributed by atoms with Crippen LogP contribution in [0.4, 0.5) is 0 Å². The Balaban J connectivity index is 2.19. The second-order valence-corrected chi connectivity index (χ2v) is 4.15. The molecule has 0 aliphatic heterocycles. The van der Waals surface area contributed by atoms with Gasteiger partial charge in [0.15, 0.2) is 0 Å². The number of hydrogen-bond donors (Lipinski definition) is 1. The second kappa shape index (κ2) is 5.65. The van der Waals surface area contributed by atoms with Gasteiger partial charge in [-0.15, -0.1) is 11.8 Å². The van der Waals surface area contributed by atoms with Crippen molar-refractivity contribution in [1.29, 1.82) is 0 Å². The molecular weight excluding hydrogens is 234 g/mol. The summed E-state index contributed by atoms with van der Waals surface area (Å²) in [5.41, 5.74) is 6.20. The molecule has 0 spiro atoms. The fraction of sp³-hybridized carbons (Fsp3) is 0.167. The summed E-state index contributed by atoms with van der Waals surface area (Å²) < 4.78 is 5.66. The van der Waals surface area contributed by atoms with Gasteiger partial charge >= 0.3 is 0 Å². The fourth-order valence-electron chi connectivity index (χ4n) is 1.32. The minimum atomic E-state index is 0.384. The molecule has 0 atom stereocenters. The summed E-state index contributed by atoms with van der Waals surface area (Å²) in [4.78, 5) is 9.34. The number of rotatable bonds is 4. The number of thioether (sulfide) groups is 1. The summed E-state index contributed by atoms with van der Waals surface area (Å²) in [6.45, 7) is 0.384. The van der Waals surface area contributed by atoms with Crippen LogP contribution in [0.3, 0.4) is 0 Å². The van der Waals surface area contributed by atoms with Crippen LogP contribution in [0.5, 0.6) is 11.6 Å². The monoisotopic (exact) mass is 247 g/mol. The fourth-order valence-corrected chi connectivity index (χ4v) is 1.84. The van der Waals surface area contributed by atoms with Gasteiger partial charge in [0.1, 0.15) is 5.75 Å². The van der Waals surface area contributed by atoms with Crippen LogP contribution >= 0.6 is 11.8 Å². The summed E-state index contributed by atoms with van der Waals surface area (Å²) in [7, 11) is 0. The Labute approximate surface area is 104 Å². The molecule has 2 rings (SSSR count). The van der Waals surface area contributed by atoms with Crippen molar-refractivity contribution in [1.82, 2.24) is 9.97 Å². The molecule has 0 radical (unpaired) electrons. The Morgan fingerprint density at radius 2 is 2.06 bits per heavy atom. The SMILES string of the molecule is CSc1ccccc1Oc1cnc(CN)cn1. The van der Waals surface area contributed by atoms with E-state index in [1.165, 1.54) is 0 Å². The van der Waals surface area contributed by atoms with E-state index in [1.54, 1.807) is 24.2 Å². The van der Waals surface area contributed by atoms with Gasteiger partial charge < -0.3 is 10.5 Å². The number of ether oxygens (including phenoxy) is 1. The summed E-state index contributed by atoms with van der Waals surface area (Å²) in [6.07, 6.45) is 5.21. The maximum absolute atomic E-state index is 5.66. The van der Waals surface area contributed by atoms with Crippen molar-refractivity contribution in [3.63, 3.8) is 0 Å². The minimum Gasteiger partial charge on any atom is -0.436 e. The van der Waals surface area contributed by atoms with E-state index in [9.17, 15) is 0 Å². The zero-order valence-electron chi connectivity index (χ0n) is 9.46. The highest BCUT2D eigenvalue weighted by atomic mass is 32.2. The van der Waals surface area contributed by atoms with Crippen LogP contribution in [0.2, 0.25) is 0 Å². The molecule has 0 aliphatic rings. The van der Waals surface area contributed by atoms with Crippen molar-refractivity contribution < 1.29 is 4.74 Å². The van der Waals surface area contributed by atoms with E-state index in [0.29, 0.717) is 12.4 Å². The summed E-state index contributed by atoms with van der Waals surface area (Å²) in [5.74, 6) is 1.26. The lowest BCUT2D eigenvalue weighted by atomic mass is 10.3. The molecule has 2 N–H and O–H groups in total. The first-order valence-electron chi connectivity index (χ1n) is 5.15. The first-order chi connectivity index (χ1) is 8.33. The number of para-hydroxylation sites is 1. The van der Waals surface area contributed by atoms with E-state index < -0.39 is 0 Å². The highest BCUT2D eigenvalue weighted by molar-refractivity contribution is 7.98. The van der Waals surface area contributed by atoms with E-state index in [0.717, 1.165) is 16.3 Å². The molecule has 0 aliphatic carbocycles. The van der Waals surface area contributed by atoms with Gasteiger partial charge in [0.05, 0.1) is 18.1 Å². The molecule has 1 heterocycles. The first kappa shape index (κ1) is 11.9. The summed E-state index contributed by atoms with van der Waals surface area (Å²) in [5, 5.41) is 0. The average molecular weight is 247 g/mol. The number of benzene rings is 1. The van der Waals surface area contributed by atoms with Crippen LogP contribution in [-0.2, 0) is 6.54 Å². The molecule has 2 aromatic rings. The van der Waals surface area contributed by atoms with Gasteiger partial charge in [-0.1, -0.05) is 12.1 Å². The standard InChI is InChI=1S/C12H13N3OS/c1-17-11-5-3-2-4-10(11)16-12-8-14-9(6-13)7-15-12/h2-5,7-8H,6,13H2,1H3. The highest BCUT2D eigenvalue weighted by Crippen LogP contribution is 2.29. The van der Waals surface area contributed by atoms with E-state index in [1.807, 2.05) is 30.5 Å². The van der Waals surface area contributed by atoms with Crippen LogP contribution in [-0.4, -0.2) is 16.2 Å². The molecule has 88 valence electrons. The molecule has 4 nitrogen and oxygen atoms in total. The minimum absolute atomic E-state index is 0.384. The molecule has 5 heteroatoms. The molecule has 0 saturated carbocycles. The number of nitrogens with zero attached hydrogens (tertiary/aromatic N) is 2. The molecule has 1 aromatic carbocycles. The summed E-state index contributed by atoms with van der Waals surface area (Å²) in [6, 6.07) is 7.81. The van der Waals surface area contributed by atoms with Crippen LogP contribution in [0.15, 0.2) is 41.6 Å². The Bertz CT molecular complexity index is 487. The van der Waals surface area contributed by atoms with Crippen molar-refractivity contribution in [3.05, 3.63) is 42.4 Å². The van der Waals surface area contributed by atoms with Gasteiger partial charge in [0.2, 0.25) is 5.88 Å². The molecule has 0 amide bonds. The van der Waals surface area contributed by atoms with Crippen molar-refractivity contribution in [2.24, 2.45) is 5.73 Å². The quantitative estimate of drug-likeness (QED) is 0.841. The lowest BCUT2D eigenvalue weighted by Crippen LogP contribution is -2.00. The average Bonchev–Trinajstić information content (AvgIpc) is 2.40. The first-order valence-corrected chi connectivity index (χ1v) is 6.38. The third-order valence-corrected chi connectivity index (χ3v) is 2.95. The maximum atomic E-state index is 5.66. The Morgan fingerprint density at radius 1 is 1.24 bits per heavy atom. The molecule has 1 aromatic heterocycles. The van der Waals surface area contributed by atoms with Gasteiger partial charge in [0, 0.05) is 11.4 Å². The van der Waals surface area contributed by atoms with Crippen LogP contribution in [0.25, 0.3) is 0 Å². The van der Waals surface area contributed by atoms with Crippen molar-refractivity contribution >= 4 is 11.8 Å². The van der Waals surface area contributed by atoms with Crippen molar-refractivity contribution in [2.45, 2.75) is 11.4 Å². The van der Waals surface area contributed by atoms with Crippen LogP contribution in [0.1, 0.15) is 5.69 Å². The summed E-state index contributed by atoms with van der Waals surface area (Å²) >= 11 is 1.63. The molecule has 0 saturated heterocycles. The number of aromatic nitrogens is 2.